The van der Waals surface area contributed by atoms with Crippen molar-refractivity contribution in [1.82, 2.24) is 5.32 Å². The van der Waals surface area contributed by atoms with E-state index in [4.69, 9.17) is 10.5 Å². The van der Waals surface area contributed by atoms with Gasteiger partial charge in [0.1, 0.15) is 5.75 Å². The van der Waals surface area contributed by atoms with E-state index in [-0.39, 0.29) is 18.2 Å². The lowest BCUT2D eigenvalue weighted by Crippen LogP contribution is -2.56. The van der Waals surface area contributed by atoms with Crippen LogP contribution in [0.25, 0.3) is 0 Å². The Morgan fingerprint density at radius 1 is 1.33 bits per heavy atom. The molecule has 1 aromatic carbocycles. The van der Waals surface area contributed by atoms with Crippen LogP contribution in [0.2, 0.25) is 0 Å². The Labute approximate surface area is 121 Å². The van der Waals surface area contributed by atoms with Crippen LogP contribution in [0.5, 0.6) is 5.75 Å². The fourth-order valence-electron chi connectivity index (χ4n) is 2.11. The normalized spacial score (nSPS) is 17.5. The number of hydrogen-bond donors (Lipinski definition) is 2. The smallest absolute Gasteiger partial charge is 0.387 e. The first-order valence-corrected chi connectivity index (χ1v) is 6.68. The van der Waals surface area contributed by atoms with Crippen LogP contribution in [0.3, 0.4) is 0 Å². The largest absolute Gasteiger partial charge is 0.435 e. The first-order valence-electron chi connectivity index (χ1n) is 6.68. The summed E-state index contributed by atoms with van der Waals surface area (Å²) >= 11 is 0. The third-order valence-corrected chi connectivity index (χ3v) is 3.44. The number of ether oxygens (including phenoxy) is 2. The van der Waals surface area contributed by atoms with Gasteiger partial charge in [-0.05, 0) is 30.5 Å². The average molecular weight is 300 g/mol. The molecule has 1 aliphatic heterocycles. The molecule has 0 aliphatic carbocycles. The Bertz CT molecular complexity index is 474. The van der Waals surface area contributed by atoms with Gasteiger partial charge < -0.3 is 20.5 Å². The molecule has 21 heavy (non-hydrogen) atoms. The highest BCUT2D eigenvalue weighted by Gasteiger charge is 2.35. The highest BCUT2D eigenvalue weighted by Crippen LogP contribution is 2.18. The van der Waals surface area contributed by atoms with Crippen molar-refractivity contribution in [1.29, 1.82) is 0 Å². The second kappa shape index (κ2) is 6.82. The molecule has 1 fully saturated rings. The van der Waals surface area contributed by atoms with E-state index in [1.807, 2.05) is 0 Å². The van der Waals surface area contributed by atoms with Gasteiger partial charge in [-0.15, -0.1) is 0 Å². The Morgan fingerprint density at radius 2 is 1.95 bits per heavy atom. The van der Waals surface area contributed by atoms with Gasteiger partial charge in [0.25, 0.3) is 0 Å². The number of alkyl halides is 2. The molecule has 1 aliphatic rings. The van der Waals surface area contributed by atoms with E-state index in [9.17, 15) is 13.6 Å². The van der Waals surface area contributed by atoms with Gasteiger partial charge in [0.05, 0.1) is 5.54 Å². The maximum absolute atomic E-state index is 12.1. The molecule has 0 bridgehead atoms. The Morgan fingerprint density at radius 3 is 2.52 bits per heavy atom. The van der Waals surface area contributed by atoms with Crippen LogP contribution >= 0.6 is 0 Å². The molecule has 1 saturated heterocycles. The minimum Gasteiger partial charge on any atom is -0.435 e. The first-order chi connectivity index (χ1) is 9.99. The van der Waals surface area contributed by atoms with Crippen LogP contribution in [0.4, 0.5) is 8.78 Å². The Balaban J connectivity index is 1.86. The van der Waals surface area contributed by atoms with E-state index in [1.54, 1.807) is 12.1 Å². The number of nitrogens with two attached hydrogens (primary N) is 1. The molecule has 0 atom stereocenters. The van der Waals surface area contributed by atoms with Gasteiger partial charge in [-0.2, -0.15) is 8.78 Å². The summed E-state index contributed by atoms with van der Waals surface area (Å²) in [5, 5.41) is 2.76. The summed E-state index contributed by atoms with van der Waals surface area (Å²) in [6.45, 7) is -1.61. The summed E-state index contributed by atoms with van der Waals surface area (Å²) in [5.74, 6) is -0.140. The molecule has 0 aromatic heterocycles. The zero-order chi connectivity index (χ0) is 15.3. The quantitative estimate of drug-likeness (QED) is 0.862. The van der Waals surface area contributed by atoms with E-state index < -0.39 is 12.2 Å². The average Bonchev–Trinajstić information content (AvgIpc) is 2.46. The van der Waals surface area contributed by atoms with Crippen molar-refractivity contribution in [3.8, 4) is 5.75 Å². The highest BCUT2D eigenvalue weighted by atomic mass is 19.3. The summed E-state index contributed by atoms with van der Waals surface area (Å²) in [5.41, 5.74) is 5.94. The van der Waals surface area contributed by atoms with Gasteiger partial charge in [-0.3, -0.25) is 4.79 Å². The number of carbonyl (C=O) groups excluding carboxylic acids is 1. The molecule has 1 heterocycles. The molecule has 0 spiro atoms. The zero-order valence-corrected chi connectivity index (χ0v) is 11.5. The minimum atomic E-state index is -2.85. The van der Waals surface area contributed by atoms with Crippen LogP contribution in [0, 0.1) is 0 Å². The second-order valence-corrected chi connectivity index (χ2v) is 4.97. The van der Waals surface area contributed by atoms with Crippen molar-refractivity contribution in [3.63, 3.8) is 0 Å². The molecule has 1 amide bonds. The maximum atomic E-state index is 12.1. The van der Waals surface area contributed by atoms with Crippen molar-refractivity contribution in [2.75, 3.05) is 13.2 Å². The van der Waals surface area contributed by atoms with E-state index in [0.29, 0.717) is 26.1 Å². The first kappa shape index (κ1) is 15.7. The molecule has 0 unspecified atom stereocenters. The molecule has 0 saturated carbocycles. The molecule has 2 rings (SSSR count). The lowest BCUT2D eigenvalue weighted by atomic mass is 9.90. The van der Waals surface area contributed by atoms with Gasteiger partial charge in [-0.25, -0.2) is 0 Å². The van der Waals surface area contributed by atoms with Crippen molar-refractivity contribution in [2.45, 2.75) is 31.5 Å². The topological polar surface area (TPSA) is 73.6 Å². The molecule has 116 valence electrons. The predicted molar refractivity (Wildman–Crippen MR) is 71.9 cm³/mol. The van der Waals surface area contributed by atoms with Crippen molar-refractivity contribution < 1.29 is 23.0 Å². The van der Waals surface area contributed by atoms with Crippen LogP contribution in [-0.2, 0) is 16.1 Å². The van der Waals surface area contributed by atoms with Gasteiger partial charge in [0.15, 0.2) is 0 Å². The van der Waals surface area contributed by atoms with Crippen LogP contribution in [0.1, 0.15) is 18.4 Å². The van der Waals surface area contributed by atoms with E-state index in [1.165, 1.54) is 12.1 Å². The highest BCUT2D eigenvalue weighted by molar-refractivity contribution is 5.86. The lowest BCUT2D eigenvalue weighted by molar-refractivity contribution is -0.129. The SMILES string of the molecule is NC1(C(=O)NCc2ccc(OC(F)F)cc2)CCOCC1. The van der Waals surface area contributed by atoms with Crippen LogP contribution < -0.4 is 15.8 Å². The van der Waals surface area contributed by atoms with Crippen molar-refractivity contribution in [2.24, 2.45) is 5.73 Å². The number of hydrogen-bond acceptors (Lipinski definition) is 4. The third kappa shape index (κ3) is 4.37. The number of amides is 1. The van der Waals surface area contributed by atoms with Gasteiger partial charge in [-0.1, -0.05) is 12.1 Å². The zero-order valence-electron chi connectivity index (χ0n) is 11.5. The number of nitrogens with one attached hydrogen (secondary N) is 1. The Kier molecular flexibility index (Phi) is 5.08. The van der Waals surface area contributed by atoms with Gasteiger partial charge in [0.2, 0.25) is 5.91 Å². The van der Waals surface area contributed by atoms with Gasteiger partial charge in [0, 0.05) is 19.8 Å². The summed E-state index contributed by atoms with van der Waals surface area (Å²) in [7, 11) is 0. The molecular formula is C14H18F2N2O3. The van der Waals surface area contributed by atoms with E-state index >= 15 is 0 Å². The Hall–Kier alpha value is -1.73. The van der Waals surface area contributed by atoms with Crippen molar-refractivity contribution >= 4 is 5.91 Å². The standard InChI is InChI=1S/C14H18F2N2O3/c15-13(16)21-11-3-1-10(2-4-11)9-18-12(19)14(17)5-7-20-8-6-14/h1-4,13H,5-9,17H2,(H,18,19). The van der Waals surface area contributed by atoms with E-state index in [2.05, 4.69) is 10.1 Å². The minimum absolute atomic E-state index is 0.0831. The monoisotopic (exact) mass is 300 g/mol. The predicted octanol–water partition coefficient (Wildman–Crippen LogP) is 1.41. The number of carbonyl (C=O) groups is 1. The molecule has 7 heteroatoms. The van der Waals surface area contributed by atoms with E-state index in [0.717, 1.165) is 5.56 Å². The molecule has 1 aromatic rings. The van der Waals surface area contributed by atoms with Crippen LogP contribution in [0.15, 0.2) is 24.3 Å². The molecule has 0 radical (unpaired) electrons. The number of benzene rings is 1. The number of halogens is 2. The van der Waals surface area contributed by atoms with Gasteiger partial charge >= 0.3 is 6.61 Å². The summed E-state index contributed by atoms with van der Waals surface area (Å²) in [6, 6.07) is 6.09. The van der Waals surface area contributed by atoms with Crippen molar-refractivity contribution in [3.05, 3.63) is 29.8 Å². The fraction of sp³-hybridized carbons (Fsp3) is 0.500. The van der Waals surface area contributed by atoms with Crippen LogP contribution in [-0.4, -0.2) is 31.3 Å². The lowest BCUT2D eigenvalue weighted by Gasteiger charge is -2.31. The summed E-state index contributed by atoms with van der Waals surface area (Å²) in [6.07, 6.45) is 0.972. The third-order valence-electron chi connectivity index (χ3n) is 3.44. The second-order valence-electron chi connectivity index (χ2n) is 4.97. The summed E-state index contributed by atoms with van der Waals surface area (Å²) < 4.78 is 33.5. The number of rotatable bonds is 5. The maximum Gasteiger partial charge on any atom is 0.387 e. The summed E-state index contributed by atoms with van der Waals surface area (Å²) in [4.78, 5) is 12.1. The molecular weight excluding hydrogens is 282 g/mol. The molecule has 3 N–H and O–H groups in total. The molecule has 5 nitrogen and oxygen atoms in total. The fourth-order valence-corrected chi connectivity index (χ4v) is 2.11.